The van der Waals surface area contributed by atoms with E-state index in [0.717, 1.165) is 16.5 Å². The highest BCUT2D eigenvalue weighted by Gasteiger charge is 2.14. The van der Waals surface area contributed by atoms with E-state index < -0.39 is 0 Å². The lowest BCUT2D eigenvalue weighted by Crippen LogP contribution is -2.37. The van der Waals surface area contributed by atoms with Crippen LogP contribution >= 0.6 is 15.9 Å². The zero-order chi connectivity index (χ0) is 13.5. The van der Waals surface area contributed by atoms with Crippen molar-refractivity contribution in [3.8, 4) is 0 Å². The summed E-state index contributed by atoms with van der Waals surface area (Å²) in [4.78, 5) is 11.8. The monoisotopic (exact) mass is 313 g/mol. The second-order valence-electron chi connectivity index (χ2n) is 4.51. The van der Waals surface area contributed by atoms with E-state index in [1.807, 2.05) is 38.1 Å². The first-order chi connectivity index (χ1) is 8.56. The van der Waals surface area contributed by atoms with Crippen molar-refractivity contribution in [2.45, 2.75) is 38.6 Å². The maximum absolute atomic E-state index is 11.8. The molecule has 2 atom stereocenters. The third kappa shape index (κ3) is 4.78. The molecule has 0 bridgehead atoms. The van der Waals surface area contributed by atoms with Gasteiger partial charge < -0.3 is 10.4 Å². The van der Waals surface area contributed by atoms with Crippen LogP contribution in [0, 0.1) is 0 Å². The normalized spacial score (nSPS) is 14.0. The Morgan fingerprint density at radius 3 is 2.50 bits per heavy atom. The van der Waals surface area contributed by atoms with Gasteiger partial charge in [-0.3, -0.25) is 4.79 Å². The van der Waals surface area contributed by atoms with Gasteiger partial charge in [0.05, 0.1) is 12.6 Å². The number of rotatable bonds is 6. The Labute approximate surface area is 117 Å². The summed E-state index contributed by atoms with van der Waals surface area (Å²) in [6.45, 7) is 3.97. The van der Waals surface area contributed by atoms with E-state index in [0.29, 0.717) is 6.42 Å². The summed E-state index contributed by atoms with van der Waals surface area (Å²) in [5, 5.41) is 11.9. The number of hydrogen-bond donors (Lipinski definition) is 2. The van der Waals surface area contributed by atoms with Crippen LogP contribution in [0.3, 0.4) is 0 Å². The molecule has 3 nitrogen and oxygen atoms in total. The van der Waals surface area contributed by atoms with E-state index in [1.165, 1.54) is 0 Å². The third-order valence-electron chi connectivity index (χ3n) is 3.01. The number of carbonyl (C=O) groups excluding carboxylic acids is 1. The lowest BCUT2D eigenvalue weighted by Gasteiger charge is -2.16. The summed E-state index contributed by atoms with van der Waals surface area (Å²) in [6.07, 6.45) is 1.19. The largest absolute Gasteiger partial charge is 0.394 e. The Kier molecular flexibility index (Phi) is 6.36. The molecule has 0 aliphatic heterocycles. The molecule has 1 amide bonds. The van der Waals surface area contributed by atoms with Crippen molar-refractivity contribution in [1.82, 2.24) is 5.32 Å². The van der Waals surface area contributed by atoms with Gasteiger partial charge in [0.1, 0.15) is 0 Å². The molecule has 1 rings (SSSR count). The Balaban J connectivity index is 2.51. The van der Waals surface area contributed by atoms with Crippen LogP contribution in [0.15, 0.2) is 28.7 Å². The van der Waals surface area contributed by atoms with Gasteiger partial charge in [0.2, 0.25) is 5.91 Å². The Hall–Kier alpha value is -0.870. The molecule has 18 heavy (non-hydrogen) atoms. The third-order valence-corrected chi connectivity index (χ3v) is 3.54. The second kappa shape index (κ2) is 7.54. The van der Waals surface area contributed by atoms with Crippen LogP contribution in [0.2, 0.25) is 0 Å². The summed E-state index contributed by atoms with van der Waals surface area (Å²) < 4.78 is 1.04. The summed E-state index contributed by atoms with van der Waals surface area (Å²) in [5.41, 5.74) is 1.14. The Morgan fingerprint density at radius 2 is 2.00 bits per heavy atom. The summed E-state index contributed by atoms with van der Waals surface area (Å²) in [6, 6.07) is 7.87. The predicted octanol–water partition coefficient (Wildman–Crippen LogP) is 2.83. The fraction of sp³-hybridized carbons (Fsp3) is 0.500. The first-order valence-electron chi connectivity index (χ1n) is 6.22. The first kappa shape index (κ1) is 15.2. The molecular weight excluding hydrogens is 294 g/mol. The molecule has 2 unspecified atom stereocenters. The molecule has 0 saturated carbocycles. The van der Waals surface area contributed by atoms with Gasteiger partial charge >= 0.3 is 0 Å². The molecule has 2 N–H and O–H groups in total. The number of carbonyl (C=O) groups is 1. The molecule has 100 valence electrons. The number of hydrogen-bond acceptors (Lipinski definition) is 2. The molecule has 0 fully saturated rings. The van der Waals surface area contributed by atoms with Crippen molar-refractivity contribution in [3.05, 3.63) is 34.3 Å². The zero-order valence-corrected chi connectivity index (χ0v) is 12.4. The van der Waals surface area contributed by atoms with E-state index in [2.05, 4.69) is 21.2 Å². The smallest absolute Gasteiger partial charge is 0.220 e. The number of aliphatic hydroxyl groups is 1. The van der Waals surface area contributed by atoms with E-state index >= 15 is 0 Å². The number of benzene rings is 1. The molecule has 0 heterocycles. The molecule has 4 heteroatoms. The highest BCUT2D eigenvalue weighted by Crippen LogP contribution is 2.21. The van der Waals surface area contributed by atoms with Crippen LogP contribution in [-0.4, -0.2) is 23.7 Å². The van der Waals surface area contributed by atoms with Crippen molar-refractivity contribution in [1.29, 1.82) is 0 Å². The van der Waals surface area contributed by atoms with Crippen LogP contribution in [-0.2, 0) is 4.79 Å². The second-order valence-corrected chi connectivity index (χ2v) is 5.43. The topological polar surface area (TPSA) is 49.3 Å². The van der Waals surface area contributed by atoms with Crippen LogP contribution in [0.25, 0.3) is 0 Å². The van der Waals surface area contributed by atoms with Gasteiger partial charge in [-0.2, -0.15) is 0 Å². The number of aliphatic hydroxyl groups excluding tert-OH is 1. The highest BCUT2D eigenvalue weighted by molar-refractivity contribution is 9.10. The van der Waals surface area contributed by atoms with E-state index in [9.17, 15) is 4.79 Å². The van der Waals surface area contributed by atoms with Crippen LogP contribution in [0.4, 0.5) is 0 Å². The van der Waals surface area contributed by atoms with E-state index in [1.54, 1.807) is 0 Å². The molecule has 0 aliphatic carbocycles. The van der Waals surface area contributed by atoms with E-state index in [-0.39, 0.29) is 24.5 Å². The lowest BCUT2D eigenvalue weighted by atomic mass is 9.97. The summed E-state index contributed by atoms with van der Waals surface area (Å²) >= 11 is 3.39. The average molecular weight is 314 g/mol. The van der Waals surface area contributed by atoms with Gasteiger partial charge in [-0.05, 0) is 30.0 Å². The Bertz CT molecular complexity index is 374. The zero-order valence-electron chi connectivity index (χ0n) is 10.8. The van der Waals surface area contributed by atoms with Crippen molar-refractivity contribution in [2.24, 2.45) is 0 Å². The summed E-state index contributed by atoms with van der Waals surface area (Å²) in [7, 11) is 0. The highest BCUT2D eigenvalue weighted by atomic mass is 79.9. The van der Waals surface area contributed by atoms with Crippen molar-refractivity contribution < 1.29 is 9.90 Å². The summed E-state index contributed by atoms with van der Waals surface area (Å²) in [5.74, 6) is 0.167. The van der Waals surface area contributed by atoms with Crippen molar-refractivity contribution >= 4 is 21.8 Å². The molecule has 1 aromatic rings. The molecule has 1 aromatic carbocycles. The van der Waals surface area contributed by atoms with Crippen LogP contribution in [0.1, 0.15) is 38.2 Å². The Morgan fingerprint density at radius 1 is 1.39 bits per heavy atom. The molecule has 0 spiro atoms. The van der Waals surface area contributed by atoms with Crippen LogP contribution < -0.4 is 5.32 Å². The minimum atomic E-state index is -0.130. The number of nitrogens with one attached hydrogen (secondary N) is 1. The van der Waals surface area contributed by atoms with Crippen molar-refractivity contribution in [2.75, 3.05) is 6.61 Å². The molecule has 0 radical (unpaired) electrons. The first-order valence-corrected chi connectivity index (χ1v) is 7.01. The average Bonchev–Trinajstić information content (AvgIpc) is 2.36. The van der Waals surface area contributed by atoms with Crippen LogP contribution in [0.5, 0.6) is 0 Å². The minimum absolute atomic E-state index is 0.00505. The maximum Gasteiger partial charge on any atom is 0.220 e. The van der Waals surface area contributed by atoms with Gasteiger partial charge in [0.15, 0.2) is 0 Å². The van der Waals surface area contributed by atoms with Gasteiger partial charge in [0, 0.05) is 10.9 Å². The van der Waals surface area contributed by atoms with Crippen molar-refractivity contribution in [3.63, 3.8) is 0 Å². The van der Waals surface area contributed by atoms with Gasteiger partial charge in [-0.15, -0.1) is 0 Å². The van der Waals surface area contributed by atoms with Gasteiger partial charge in [-0.25, -0.2) is 0 Å². The number of amides is 1. The predicted molar refractivity (Wildman–Crippen MR) is 76.5 cm³/mol. The molecular formula is C14H20BrNO2. The minimum Gasteiger partial charge on any atom is -0.394 e. The maximum atomic E-state index is 11.8. The molecule has 0 aliphatic rings. The fourth-order valence-electron chi connectivity index (χ4n) is 1.75. The van der Waals surface area contributed by atoms with E-state index in [4.69, 9.17) is 5.11 Å². The lowest BCUT2D eigenvalue weighted by molar-refractivity contribution is -0.122. The number of halogens is 1. The standard InChI is InChI=1S/C14H20BrNO2/c1-3-13(9-17)16-14(18)8-10(2)11-4-6-12(15)7-5-11/h4-7,10,13,17H,3,8-9H2,1-2H3,(H,16,18). The molecule has 0 aromatic heterocycles. The van der Waals surface area contributed by atoms with Gasteiger partial charge in [0.25, 0.3) is 0 Å². The molecule has 0 saturated heterocycles. The quantitative estimate of drug-likeness (QED) is 0.848. The van der Waals surface area contributed by atoms with Gasteiger partial charge in [-0.1, -0.05) is 41.9 Å². The fourth-order valence-corrected chi connectivity index (χ4v) is 2.01. The SMILES string of the molecule is CCC(CO)NC(=O)CC(C)c1ccc(Br)cc1.